The summed E-state index contributed by atoms with van der Waals surface area (Å²) in [7, 11) is 0. The molecule has 0 bridgehead atoms. The maximum atomic E-state index is 7.12. The highest BCUT2D eigenvalue weighted by Crippen LogP contribution is 2.47. The molecule has 48 heavy (non-hydrogen) atoms. The van der Waals surface area contributed by atoms with Crippen LogP contribution in [-0.4, -0.2) is 0 Å². The summed E-state index contributed by atoms with van der Waals surface area (Å²) in [6.45, 7) is 0. The van der Waals surface area contributed by atoms with Crippen LogP contribution in [0.15, 0.2) is 146 Å². The highest BCUT2D eigenvalue weighted by atomic mass is 35.5. The Kier molecular flexibility index (Phi) is 5.32. The normalized spacial score (nSPS) is 12.4. The molecular weight excluding hydrogens is 623 g/mol. The Balaban J connectivity index is 1.37. The monoisotopic (exact) mass is 646 g/mol. The highest BCUT2D eigenvalue weighted by molar-refractivity contribution is 6.45. The lowest BCUT2D eigenvalue weighted by Crippen LogP contribution is -1.90. The summed E-state index contributed by atoms with van der Waals surface area (Å²) >= 11 is 14.2. The molecule has 2 heteroatoms. The van der Waals surface area contributed by atoms with E-state index in [1.165, 1.54) is 75.4 Å². The second-order valence-electron chi connectivity index (χ2n) is 13.0. The summed E-state index contributed by atoms with van der Waals surface area (Å²) in [5.41, 5.74) is 0. The van der Waals surface area contributed by atoms with E-state index in [0.717, 1.165) is 42.4 Å². The molecule has 0 fully saturated rings. The SMILES string of the molecule is Clc1c2ccccc2cc2c1ccc1c3cc4c5ccccc5c5c6cc7ccccc7c(Cl)c6ccc5c4cc3c3ccccc3c21. The summed E-state index contributed by atoms with van der Waals surface area (Å²) in [4.78, 5) is 0. The van der Waals surface area contributed by atoms with Crippen molar-refractivity contribution in [3.63, 3.8) is 0 Å². The van der Waals surface area contributed by atoms with Gasteiger partial charge >= 0.3 is 0 Å². The standard InChI is InChI=1S/C46H24Cl2/c47-45-27-11-3-1-9-25(27)21-41-35(45)19-17-33-39-23-38-30-14-6-8-16-32(30)44-34(40(38)24-37(39)29-13-5-7-15-31(29)43(33)41)18-20-36-42(44)22-26-10-2-4-12-28(26)46(36)48/h1-24H. The van der Waals surface area contributed by atoms with E-state index >= 15 is 0 Å². The third kappa shape index (κ3) is 3.41. The van der Waals surface area contributed by atoms with Crippen LogP contribution in [0.2, 0.25) is 10.0 Å². The van der Waals surface area contributed by atoms with Gasteiger partial charge in [0.25, 0.3) is 0 Å². The largest absolute Gasteiger partial charge is 0.0830 e. The Labute approximate surface area is 285 Å². The van der Waals surface area contributed by atoms with Crippen LogP contribution in [0.25, 0.3) is 108 Å². The molecule has 0 spiro atoms. The van der Waals surface area contributed by atoms with E-state index in [1.54, 1.807) is 0 Å². The molecule has 11 aromatic rings. The third-order valence-corrected chi connectivity index (χ3v) is 11.5. The smallest absolute Gasteiger partial charge is 0.0562 e. The van der Waals surface area contributed by atoms with Gasteiger partial charge in [-0.3, -0.25) is 0 Å². The lowest BCUT2D eigenvalue weighted by molar-refractivity contribution is 1.78. The quantitative estimate of drug-likeness (QED) is 0.114. The zero-order valence-electron chi connectivity index (χ0n) is 25.6. The first-order chi connectivity index (χ1) is 23.7. The number of halogens is 2. The van der Waals surface area contributed by atoms with Gasteiger partial charge in [0.2, 0.25) is 0 Å². The highest BCUT2D eigenvalue weighted by Gasteiger charge is 2.18. The summed E-state index contributed by atoms with van der Waals surface area (Å²) in [6.07, 6.45) is 0. The van der Waals surface area contributed by atoms with Gasteiger partial charge in [-0.2, -0.15) is 0 Å². The van der Waals surface area contributed by atoms with Crippen LogP contribution in [0.3, 0.4) is 0 Å². The molecular formula is C46H24Cl2. The molecule has 0 N–H and O–H groups in total. The molecule has 0 aliphatic heterocycles. The minimum atomic E-state index is 0.810. The van der Waals surface area contributed by atoms with Crippen molar-refractivity contribution in [1.82, 2.24) is 0 Å². The van der Waals surface area contributed by atoms with Gasteiger partial charge in [0.05, 0.1) is 10.0 Å². The van der Waals surface area contributed by atoms with E-state index in [1.807, 2.05) is 0 Å². The molecule has 0 saturated heterocycles. The topological polar surface area (TPSA) is 0 Å². The van der Waals surface area contributed by atoms with E-state index in [0.29, 0.717) is 0 Å². The summed E-state index contributed by atoms with van der Waals surface area (Å²) in [5.74, 6) is 0. The fraction of sp³-hybridized carbons (Fsp3) is 0. The lowest BCUT2D eigenvalue weighted by Gasteiger charge is -2.18. The zero-order chi connectivity index (χ0) is 31.7. The Morgan fingerprint density at radius 1 is 0.229 bits per heavy atom. The second-order valence-corrected chi connectivity index (χ2v) is 13.8. The first-order valence-corrected chi connectivity index (χ1v) is 17.1. The van der Waals surface area contributed by atoms with Gasteiger partial charge in [-0.15, -0.1) is 0 Å². The Bertz CT molecular complexity index is 3020. The van der Waals surface area contributed by atoms with Gasteiger partial charge < -0.3 is 0 Å². The molecule has 0 aromatic heterocycles. The Morgan fingerprint density at radius 2 is 0.542 bits per heavy atom. The van der Waals surface area contributed by atoms with Gasteiger partial charge in [-0.25, -0.2) is 0 Å². The molecule has 0 saturated carbocycles. The minimum Gasteiger partial charge on any atom is -0.0830 e. The van der Waals surface area contributed by atoms with Crippen molar-refractivity contribution in [2.75, 3.05) is 0 Å². The van der Waals surface area contributed by atoms with Gasteiger partial charge in [0.1, 0.15) is 0 Å². The first-order valence-electron chi connectivity index (χ1n) is 16.3. The maximum Gasteiger partial charge on any atom is 0.0562 e. The second kappa shape index (κ2) is 9.58. The van der Waals surface area contributed by atoms with Crippen molar-refractivity contribution in [2.45, 2.75) is 0 Å². The van der Waals surface area contributed by atoms with E-state index in [-0.39, 0.29) is 0 Å². The summed E-state index contributed by atoms with van der Waals surface area (Å²) in [6, 6.07) is 53.0. The van der Waals surface area contributed by atoms with Crippen LogP contribution in [0.5, 0.6) is 0 Å². The molecule has 0 nitrogen and oxygen atoms in total. The molecule has 0 aliphatic rings. The average molecular weight is 648 g/mol. The van der Waals surface area contributed by atoms with Crippen LogP contribution in [0, 0.1) is 0 Å². The van der Waals surface area contributed by atoms with Crippen molar-refractivity contribution in [3.05, 3.63) is 156 Å². The van der Waals surface area contributed by atoms with E-state index in [4.69, 9.17) is 23.2 Å². The van der Waals surface area contributed by atoms with Crippen LogP contribution in [0.1, 0.15) is 0 Å². The van der Waals surface area contributed by atoms with Gasteiger partial charge in [-0.1, -0.05) is 145 Å². The number of benzene rings is 11. The maximum absolute atomic E-state index is 7.12. The van der Waals surface area contributed by atoms with Crippen molar-refractivity contribution < 1.29 is 0 Å². The molecule has 0 heterocycles. The van der Waals surface area contributed by atoms with E-state index in [9.17, 15) is 0 Å². The third-order valence-electron chi connectivity index (χ3n) is 10.7. The predicted octanol–water partition coefficient (Wildman–Crippen LogP) is 14.5. The van der Waals surface area contributed by atoms with Crippen LogP contribution >= 0.6 is 23.2 Å². The van der Waals surface area contributed by atoms with Crippen molar-refractivity contribution >= 4 is 131 Å². The minimum absolute atomic E-state index is 0.810. The van der Waals surface area contributed by atoms with Crippen molar-refractivity contribution in [3.8, 4) is 0 Å². The Morgan fingerprint density at radius 3 is 0.979 bits per heavy atom. The van der Waals surface area contributed by atoms with Crippen molar-refractivity contribution in [1.29, 1.82) is 0 Å². The lowest BCUT2D eigenvalue weighted by atomic mass is 9.86. The number of fused-ring (bicyclic) bond motifs is 18. The fourth-order valence-corrected chi connectivity index (χ4v) is 9.23. The number of hydrogen-bond acceptors (Lipinski definition) is 0. The number of rotatable bonds is 0. The molecule has 11 aromatic carbocycles. The van der Waals surface area contributed by atoms with E-state index in [2.05, 4.69) is 146 Å². The molecule has 222 valence electrons. The average Bonchev–Trinajstić information content (AvgIpc) is 3.14. The summed E-state index contributed by atoms with van der Waals surface area (Å²) < 4.78 is 0. The zero-order valence-corrected chi connectivity index (χ0v) is 27.1. The van der Waals surface area contributed by atoms with Crippen LogP contribution < -0.4 is 0 Å². The summed E-state index contributed by atoms with van der Waals surface area (Å²) in [5, 5.41) is 25.6. The molecule has 0 radical (unpaired) electrons. The van der Waals surface area contributed by atoms with E-state index < -0.39 is 0 Å². The molecule has 0 unspecified atom stereocenters. The first kappa shape index (κ1) is 26.6. The Hall–Kier alpha value is -5.40. The number of hydrogen-bond donors (Lipinski definition) is 0. The fourth-order valence-electron chi connectivity index (χ4n) is 8.56. The predicted molar refractivity (Wildman–Crippen MR) is 212 cm³/mol. The molecule has 0 aliphatic carbocycles. The molecule has 0 atom stereocenters. The van der Waals surface area contributed by atoms with Crippen LogP contribution in [0.4, 0.5) is 0 Å². The molecule has 0 amide bonds. The van der Waals surface area contributed by atoms with Crippen LogP contribution in [-0.2, 0) is 0 Å². The van der Waals surface area contributed by atoms with Gasteiger partial charge in [0, 0.05) is 21.5 Å². The molecule has 11 rings (SSSR count). The van der Waals surface area contributed by atoms with Gasteiger partial charge in [0.15, 0.2) is 0 Å². The van der Waals surface area contributed by atoms with Crippen molar-refractivity contribution in [2.24, 2.45) is 0 Å². The van der Waals surface area contributed by atoms with Gasteiger partial charge in [-0.05, 0) is 110 Å².